The number of hydrogen-bond donors (Lipinski definition) is 2. The van der Waals surface area contributed by atoms with Crippen molar-refractivity contribution in [1.82, 2.24) is 9.88 Å². The van der Waals surface area contributed by atoms with Crippen molar-refractivity contribution >= 4 is 17.4 Å². The molecular formula is C12H21N5O. The topological polar surface area (TPSA) is 74.5 Å². The smallest absolute Gasteiger partial charge is 0.241 e. The zero-order chi connectivity index (χ0) is 13.5. The Bertz CT molecular complexity index is 394. The molecule has 1 aromatic heterocycles. The normalized spacial score (nSPS) is 10.0. The first-order valence-electron chi connectivity index (χ1n) is 5.96. The summed E-state index contributed by atoms with van der Waals surface area (Å²) in [7, 11) is 3.51. The first-order valence-corrected chi connectivity index (χ1v) is 5.96. The van der Waals surface area contributed by atoms with E-state index in [1.54, 1.807) is 25.2 Å². The number of nitrogens with one attached hydrogen (secondary N) is 1. The van der Waals surface area contributed by atoms with Crippen LogP contribution in [0.15, 0.2) is 18.3 Å². The molecule has 100 valence electrons. The van der Waals surface area contributed by atoms with Gasteiger partial charge in [-0.3, -0.25) is 4.79 Å². The van der Waals surface area contributed by atoms with Crippen LogP contribution in [0.1, 0.15) is 13.3 Å². The molecular weight excluding hydrogens is 230 g/mol. The van der Waals surface area contributed by atoms with Crippen molar-refractivity contribution in [2.75, 3.05) is 37.5 Å². The van der Waals surface area contributed by atoms with Crippen LogP contribution < -0.4 is 16.2 Å². The summed E-state index contributed by atoms with van der Waals surface area (Å²) in [6.45, 7) is 3.25. The maximum Gasteiger partial charge on any atom is 0.241 e. The molecule has 0 saturated carbocycles. The number of anilines is 2. The summed E-state index contributed by atoms with van der Waals surface area (Å²) < 4.78 is 0. The van der Waals surface area contributed by atoms with E-state index in [4.69, 9.17) is 5.84 Å². The van der Waals surface area contributed by atoms with E-state index < -0.39 is 0 Å². The number of carbonyl (C=O) groups is 1. The minimum atomic E-state index is 0.0718. The number of hydrogen-bond acceptors (Lipinski definition) is 5. The number of aromatic nitrogens is 1. The molecule has 0 unspecified atom stereocenters. The molecule has 0 bridgehead atoms. The number of nitrogen functional groups attached to an aromatic ring is 1. The lowest BCUT2D eigenvalue weighted by Crippen LogP contribution is -2.37. The van der Waals surface area contributed by atoms with E-state index in [9.17, 15) is 4.79 Å². The van der Waals surface area contributed by atoms with Gasteiger partial charge < -0.3 is 15.2 Å². The molecule has 0 radical (unpaired) electrons. The average Bonchev–Trinajstić information content (AvgIpc) is 2.38. The van der Waals surface area contributed by atoms with Gasteiger partial charge in [-0.25, -0.2) is 10.8 Å². The Balaban J connectivity index is 2.85. The SMILES string of the molecule is CCCN(CC(=O)N(C)C)c1ccnc(NN)c1. The monoisotopic (exact) mass is 251 g/mol. The molecule has 0 aromatic carbocycles. The van der Waals surface area contributed by atoms with Crippen LogP contribution in [0.3, 0.4) is 0 Å². The van der Waals surface area contributed by atoms with E-state index in [1.165, 1.54) is 0 Å². The van der Waals surface area contributed by atoms with Crippen molar-refractivity contribution in [3.63, 3.8) is 0 Å². The van der Waals surface area contributed by atoms with E-state index in [0.29, 0.717) is 12.4 Å². The van der Waals surface area contributed by atoms with E-state index in [-0.39, 0.29) is 5.91 Å². The minimum Gasteiger partial charge on any atom is -0.362 e. The van der Waals surface area contributed by atoms with Gasteiger partial charge in [-0.2, -0.15) is 0 Å². The average molecular weight is 251 g/mol. The third-order valence-corrected chi connectivity index (χ3v) is 2.57. The van der Waals surface area contributed by atoms with Crippen molar-refractivity contribution in [3.8, 4) is 0 Å². The quantitative estimate of drug-likeness (QED) is 0.574. The highest BCUT2D eigenvalue weighted by molar-refractivity contribution is 5.81. The molecule has 6 heteroatoms. The molecule has 6 nitrogen and oxygen atoms in total. The number of pyridine rings is 1. The fourth-order valence-electron chi connectivity index (χ4n) is 1.57. The van der Waals surface area contributed by atoms with E-state index in [1.807, 2.05) is 17.0 Å². The first kappa shape index (κ1) is 14.2. The van der Waals surface area contributed by atoms with Crippen LogP contribution in [0.2, 0.25) is 0 Å². The second-order valence-electron chi connectivity index (χ2n) is 4.25. The van der Waals surface area contributed by atoms with Crippen molar-refractivity contribution < 1.29 is 4.79 Å². The molecule has 0 atom stereocenters. The first-order chi connectivity index (χ1) is 8.58. The van der Waals surface area contributed by atoms with Crippen molar-refractivity contribution in [3.05, 3.63) is 18.3 Å². The van der Waals surface area contributed by atoms with Crippen LogP contribution in [0.4, 0.5) is 11.5 Å². The molecule has 0 aliphatic carbocycles. The zero-order valence-corrected chi connectivity index (χ0v) is 11.2. The fraction of sp³-hybridized carbons (Fsp3) is 0.500. The summed E-state index contributed by atoms with van der Waals surface area (Å²) in [6.07, 6.45) is 2.64. The summed E-state index contributed by atoms with van der Waals surface area (Å²) in [5.74, 6) is 6.00. The maximum absolute atomic E-state index is 11.8. The number of hydrazine groups is 1. The van der Waals surface area contributed by atoms with Crippen molar-refractivity contribution in [2.24, 2.45) is 5.84 Å². The summed E-state index contributed by atoms with van der Waals surface area (Å²) >= 11 is 0. The van der Waals surface area contributed by atoms with Gasteiger partial charge in [0.2, 0.25) is 5.91 Å². The lowest BCUT2D eigenvalue weighted by molar-refractivity contribution is -0.127. The molecule has 1 heterocycles. The predicted molar refractivity (Wildman–Crippen MR) is 73.2 cm³/mol. The number of rotatable bonds is 6. The Hall–Kier alpha value is -1.82. The maximum atomic E-state index is 11.8. The van der Waals surface area contributed by atoms with Gasteiger partial charge in [0.25, 0.3) is 0 Å². The van der Waals surface area contributed by atoms with E-state index >= 15 is 0 Å². The largest absolute Gasteiger partial charge is 0.362 e. The summed E-state index contributed by atoms with van der Waals surface area (Å²) in [6, 6.07) is 3.71. The van der Waals surface area contributed by atoms with Gasteiger partial charge in [-0.05, 0) is 12.5 Å². The highest BCUT2D eigenvalue weighted by Gasteiger charge is 2.12. The highest BCUT2D eigenvalue weighted by atomic mass is 16.2. The number of amides is 1. The van der Waals surface area contributed by atoms with E-state index in [2.05, 4.69) is 17.3 Å². The molecule has 0 saturated heterocycles. The number of nitrogens with two attached hydrogens (primary N) is 1. The highest BCUT2D eigenvalue weighted by Crippen LogP contribution is 2.17. The standard InChI is InChI=1S/C12H21N5O/c1-4-7-17(9-12(18)16(2)3)10-5-6-14-11(8-10)15-13/h5-6,8H,4,7,9,13H2,1-3H3,(H,14,15). The minimum absolute atomic E-state index is 0.0718. The Labute approximate surface area is 108 Å². The van der Waals surface area contributed by atoms with Crippen LogP contribution in [0, 0.1) is 0 Å². The molecule has 3 N–H and O–H groups in total. The predicted octanol–water partition coefficient (Wildman–Crippen LogP) is 0.672. The fourth-order valence-corrected chi connectivity index (χ4v) is 1.57. The van der Waals surface area contributed by atoms with Crippen molar-refractivity contribution in [1.29, 1.82) is 0 Å². The van der Waals surface area contributed by atoms with Gasteiger partial charge in [-0.1, -0.05) is 6.92 Å². The Kier molecular flexibility index (Phi) is 5.38. The van der Waals surface area contributed by atoms with Crippen LogP contribution in [0.5, 0.6) is 0 Å². The molecule has 1 amide bonds. The second-order valence-corrected chi connectivity index (χ2v) is 4.25. The molecule has 0 aliphatic rings. The molecule has 18 heavy (non-hydrogen) atoms. The molecule has 1 rings (SSSR count). The summed E-state index contributed by atoms with van der Waals surface area (Å²) in [4.78, 5) is 19.4. The van der Waals surface area contributed by atoms with Crippen LogP contribution in [-0.4, -0.2) is 43.0 Å². The van der Waals surface area contributed by atoms with Crippen LogP contribution >= 0.6 is 0 Å². The van der Waals surface area contributed by atoms with Crippen molar-refractivity contribution in [2.45, 2.75) is 13.3 Å². The lowest BCUT2D eigenvalue weighted by Gasteiger charge is -2.25. The molecule has 1 aromatic rings. The molecule has 0 spiro atoms. The zero-order valence-electron chi connectivity index (χ0n) is 11.2. The Morgan fingerprint density at radius 2 is 2.22 bits per heavy atom. The second kappa shape index (κ2) is 6.80. The van der Waals surface area contributed by atoms with Gasteiger partial charge in [0.05, 0.1) is 6.54 Å². The Morgan fingerprint density at radius 1 is 1.50 bits per heavy atom. The number of likely N-dealkylation sites (N-methyl/N-ethyl adjacent to an activating group) is 1. The summed E-state index contributed by atoms with van der Waals surface area (Å²) in [5.41, 5.74) is 3.45. The molecule has 0 fully saturated rings. The lowest BCUT2D eigenvalue weighted by atomic mass is 10.3. The van der Waals surface area contributed by atoms with Crippen LogP contribution in [0.25, 0.3) is 0 Å². The number of carbonyl (C=O) groups excluding carboxylic acids is 1. The van der Waals surface area contributed by atoms with Gasteiger partial charge >= 0.3 is 0 Å². The molecule has 0 aliphatic heterocycles. The third-order valence-electron chi connectivity index (χ3n) is 2.57. The Morgan fingerprint density at radius 3 is 2.78 bits per heavy atom. The third kappa shape index (κ3) is 3.89. The van der Waals surface area contributed by atoms with Gasteiger partial charge in [0, 0.05) is 38.6 Å². The van der Waals surface area contributed by atoms with Gasteiger partial charge in [0.15, 0.2) is 0 Å². The van der Waals surface area contributed by atoms with E-state index in [0.717, 1.165) is 18.7 Å². The van der Waals surface area contributed by atoms with Gasteiger partial charge in [-0.15, -0.1) is 0 Å². The summed E-state index contributed by atoms with van der Waals surface area (Å²) in [5, 5.41) is 0. The van der Waals surface area contributed by atoms with Gasteiger partial charge in [0.1, 0.15) is 5.82 Å². The van der Waals surface area contributed by atoms with Crippen LogP contribution in [-0.2, 0) is 4.79 Å². The number of nitrogens with zero attached hydrogens (tertiary/aromatic N) is 3.